The van der Waals surface area contributed by atoms with Crippen molar-refractivity contribution in [3.8, 4) is 11.1 Å². The molecule has 1 spiro atoms. The second-order valence-corrected chi connectivity index (χ2v) is 7.77. The van der Waals surface area contributed by atoms with Gasteiger partial charge in [-0.2, -0.15) is 0 Å². The molecule has 4 aliphatic rings. The summed E-state index contributed by atoms with van der Waals surface area (Å²) in [5.41, 5.74) is 10.9. The van der Waals surface area contributed by atoms with Crippen LogP contribution in [0.1, 0.15) is 17.5 Å². The van der Waals surface area contributed by atoms with E-state index in [1.54, 1.807) is 0 Å². The fraction of sp³-hybridized carbons (Fsp3) is 0.154. The van der Waals surface area contributed by atoms with E-state index in [4.69, 9.17) is 0 Å². The molecule has 6 rings (SSSR count). The Bertz CT molecular complexity index is 1060. The van der Waals surface area contributed by atoms with Gasteiger partial charge >= 0.3 is 0 Å². The first-order valence-corrected chi connectivity index (χ1v) is 9.44. The van der Waals surface area contributed by atoms with Crippen LogP contribution < -0.4 is 0 Å². The van der Waals surface area contributed by atoms with Gasteiger partial charge in [0.2, 0.25) is 0 Å². The Morgan fingerprint density at radius 3 is 2.15 bits per heavy atom. The van der Waals surface area contributed by atoms with E-state index in [2.05, 4.69) is 86.0 Å². The molecule has 0 heterocycles. The van der Waals surface area contributed by atoms with Gasteiger partial charge in [0.05, 0.1) is 5.41 Å². The third kappa shape index (κ3) is 1.40. The minimum Gasteiger partial charge on any atom is -0.0987 e. The second kappa shape index (κ2) is 4.65. The zero-order valence-corrected chi connectivity index (χ0v) is 14.7. The lowest BCUT2D eigenvalue weighted by Gasteiger charge is -2.33. The lowest BCUT2D eigenvalue weighted by Crippen LogP contribution is -2.27. The van der Waals surface area contributed by atoms with Crippen LogP contribution in [0.4, 0.5) is 0 Å². The zero-order chi connectivity index (χ0) is 17.5. The summed E-state index contributed by atoms with van der Waals surface area (Å²) in [6.07, 6.45) is 10.3. The van der Waals surface area contributed by atoms with Crippen LogP contribution in [-0.4, -0.2) is 0 Å². The minimum atomic E-state index is -0.224. The third-order valence-corrected chi connectivity index (χ3v) is 6.76. The van der Waals surface area contributed by atoms with Crippen molar-refractivity contribution in [2.45, 2.75) is 11.8 Å². The molecule has 4 aliphatic carbocycles. The van der Waals surface area contributed by atoms with Gasteiger partial charge in [0, 0.05) is 0 Å². The highest BCUT2D eigenvalue weighted by molar-refractivity contribution is 5.90. The molecule has 0 radical (unpaired) electrons. The van der Waals surface area contributed by atoms with Gasteiger partial charge in [-0.05, 0) is 62.8 Å². The molecular formula is C26H20. The number of fused-ring (bicyclic) bond motifs is 8. The fourth-order valence-corrected chi connectivity index (χ4v) is 5.73. The first-order valence-electron chi connectivity index (χ1n) is 9.44. The maximum atomic E-state index is 4.25. The van der Waals surface area contributed by atoms with Crippen molar-refractivity contribution in [2.24, 2.45) is 11.8 Å². The maximum absolute atomic E-state index is 4.25. The molecule has 0 nitrogen and oxygen atoms in total. The smallest absolute Gasteiger partial charge is 0.0722 e. The summed E-state index contributed by atoms with van der Waals surface area (Å²) in [5.74, 6) is 1.38. The van der Waals surface area contributed by atoms with Gasteiger partial charge in [0.15, 0.2) is 0 Å². The average molecular weight is 332 g/mol. The highest BCUT2D eigenvalue weighted by atomic mass is 14.6. The van der Waals surface area contributed by atoms with Crippen molar-refractivity contribution >= 4 is 0 Å². The maximum Gasteiger partial charge on any atom is 0.0722 e. The first kappa shape index (κ1) is 14.3. The number of allylic oxidation sites excluding steroid dienone is 8. The largest absolute Gasteiger partial charge is 0.0987 e. The van der Waals surface area contributed by atoms with Crippen molar-refractivity contribution in [2.75, 3.05) is 0 Å². The monoisotopic (exact) mass is 332 g/mol. The normalized spacial score (nSPS) is 25.7. The van der Waals surface area contributed by atoms with Crippen LogP contribution in [0.5, 0.6) is 0 Å². The number of hydrogen-bond acceptors (Lipinski definition) is 0. The second-order valence-electron chi connectivity index (χ2n) is 7.77. The fourth-order valence-electron chi connectivity index (χ4n) is 5.73. The van der Waals surface area contributed by atoms with Crippen molar-refractivity contribution in [3.63, 3.8) is 0 Å². The van der Waals surface area contributed by atoms with E-state index in [0.29, 0.717) is 5.92 Å². The molecule has 124 valence electrons. The van der Waals surface area contributed by atoms with Crippen molar-refractivity contribution in [1.29, 1.82) is 0 Å². The van der Waals surface area contributed by atoms with E-state index in [0.717, 1.165) is 5.92 Å². The quantitative estimate of drug-likeness (QED) is 0.620. The Balaban J connectivity index is 1.82. The molecule has 0 aromatic heterocycles. The number of rotatable bonds is 2. The topological polar surface area (TPSA) is 0 Å². The number of benzene rings is 2. The highest BCUT2D eigenvalue weighted by Gasteiger charge is 2.56. The molecule has 0 heteroatoms. The Hall–Kier alpha value is -2.86. The van der Waals surface area contributed by atoms with Crippen LogP contribution >= 0.6 is 0 Å². The summed E-state index contributed by atoms with van der Waals surface area (Å²) in [4.78, 5) is 0. The van der Waals surface area contributed by atoms with Crippen LogP contribution in [-0.2, 0) is 5.41 Å². The Kier molecular flexibility index (Phi) is 2.56. The molecule has 0 bridgehead atoms. The van der Waals surface area contributed by atoms with Crippen molar-refractivity contribution < 1.29 is 0 Å². The predicted molar refractivity (Wildman–Crippen MR) is 108 cm³/mol. The van der Waals surface area contributed by atoms with Gasteiger partial charge in [-0.15, -0.1) is 0 Å². The SMILES string of the molecule is C=CC1=C(C=C)C2(C3=C1C1CC1C=C3)c1ccccc1-c1ccccc12. The van der Waals surface area contributed by atoms with Crippen molar-refractivity contribution in [3.05, 3.63) is 119 Å². The molecule has 2 aromatic carbocycles. The van der Waals surface area contributed by atoms with E-state index >= 15 is 0 Å². The molecule has 0 saturated heterocycles. The lowest BCUT2D eigenvalue weighted by atomic mass is 9.68. The van der Waals surface area contributed by atoms with Crippen LogP contribution in [0, 0.1) is 11.8 Å². The summed E-state index contributed by atoms with van der Waals surface area (Å²) in [6, 6.07) is 17.8. The lowest BCUT2D eigenvalue weighted by molar-refractivity contribution is 0.763. The molecule has 2 unspecified atom stereocenters. The Labute approximate surface area is 154 Å². The van der Waals surface area contributed by atoms with Crippen LogP contribution in [0.25, 0.3) is 11.1 Å². The summed E-state index contributed by atoms with van der Waals surface area (Å²) in [7, 11) is 0. The molecule has 0 amide bonds. The van der Waals surface area contributed by atoms with Gasteiger partial charge in [0.1, 0.15) is 0 Å². The van der Waals surface area contributed by atoms with Crippen LogP contribution in [0.15, 0.2) is 108 Å². The molecule has 1 fully saturated rings. The summed E-state index contributed by atoms with van der Waals surface area (Å²) >= 11 is 0. The van der Waals surface area contributed by atoms with E-state index in [1.165, 1.54) is 51.0 Å². The summed E-state index contributed by atoms with van der Waals surface area (Å²) < 4.78 is 0. The molecule has 0 aliphatic heterocycles. The predicted octanol–water partition coefficient (Wildman–Crippen LogP) is 6.14. The highest BCUT2D eigenvalue weighted by Crippen LogP contribution is 2.66. The molecular weight excluding hydrogens is 312 g/mol. The Morgan fingerprint density at radius 2 is 1.54 bits per heavy atom. The molecule has 2 aromatic rings. The van der Waals surface area contributed by atoms with E-state index < -0.39 is 0 Å². The van der Waals surface area contributed by atoms with Crippen molar-refractivity contribution in [1.82, 2.24) is 0 Å². The summed E-state index contributed by atoms with van der Waals surface area (Å²) in [6.45, 7) is 8.43. The minimum absolute atomic E-state index is 0.224. The van der Waals surface area contributed by atoms with Gasteiger partial charge in [-0.3, -0.25) is 0 Å². The number of hydrogen-bond donors (Lipinski definition) is 0. The van der Waals surface area contributed by atoms with Gasteiger partial charge < -0.3 is 0 Å². The average Bonchev–Trinajstić information content (AvgIpc) is 3.36. The molecule has 0 N–H and O–H groups in total. The van der Waals surface area contributed by atoms with Gasteiger partial charge in [-0.25, -0.2) is 0 Å². The summed E-state index contributed by atoms with van der Waals surface area (Å²) in [5, 5.41) is 0. The first-order chi connectivity index (χ1) is 12.8. The third-order valence-electron chi connectivity index (χ3n) is 6.76. The Morgan fingerprint density at radius 1 is 0.885 bits per heavy atom. The van der Waals surface area contributed by atoms with Crippen LogP contribution in [0.2, 0.25) is 0 Å². The van der Waals surface area contributed by atoms with Gasteiger partial charge in [0.25, 0.3) is 0 Å². The van der Waals surface area contributed by atoms with E-state index in [9.17, 15) is 0 Å². The molecule has 2 atom stereocenters. The zero-order valence-electron chi connectivity index (χ0n) is 14.7. The standard InChI is InChI=1S/C26H20/c1-3-17-21(4-2)26(24-14-13-16-15-20(16)25(17)24)22-11-7-5-9-18(22)19-10-6-8-12-23(19)26/h3-14,16,20H,1-2,15H2. The van der Waals surface area contributed by atoms with E-state index in [1.807, 2.05) is 0 Å². The van der Waals surface area contributed by atoms with Crippen LogP contribution in [0.3, 0.4) is 0 Å². The molecule has 26 heavy (non-hydrogen) atoms. The van der Waals surface area contributed by atoms with Gasteiger partial charge in [-0.1, -0.05) is 86.0 Å². The van der Waals surface area contributed by atoms with E-state index in [-0.39, 0.29) is 5.41 Å². The molecule has 1 saturated carbocycles.